The molecule has 0 fully saturated rings. The highest BCUT2D eigenvalue weighted by molar-refractivity contribution is 4.81. The Bertz CT molecular complexity index is 35.3. The lowest BCUT2D eigenvalue weighted by molar-refractivity contribution is 1.21. The van der Waals surface area contributed by atoms with E-state index in [4.69, 9.17) is 0 Å². The maximum Gasteiger partial charge on any atom is 0.105 e. The summed E-state index contributed by atoms with van der Waals surface area (Å²) in [5.41, 5.74) is 0. The first kappa shape index (κ1) is 5.61. The average Bonchev–Trinajstić information content (AvgIpc) is 1.61. The van der Waals surface area contributed by atoms with E-state index in [0.717, 1.165) is 6.42 Å². The van der Waals surface area contributed by atoms with Crippen LogP contribution in [0.1, 0.15) is 20.3 Å². The van der Waals surface area contributed by atoms with Crippen LogP contribution in [-0.4, -0.2) is 0 Å². The molecule has 0 aliphatic carbocycles. The lowest BCUT2D eigenvalue weighted by Crippen LogP contribution is -1.57. The van der Waals surface area contributed by atoms with Gasteiger partial charge in [-0.3, -0.25) is 0 Å². The largest absolute Gasteiger partial charge is 0.105 e. The Morgan fingerprint density at radius 1 is 1.67 bits per heavy atom. The molecule has 0 aromatic carbocycles. The molecule has 0 heterocycles. The van der Waals surface area contributed by atoms with Gasteiger partial charge in [-0.05, 0) is 13.0 Å². The van der Waals surface area contributed by atoms with Gasteiger partial charge in [0.25, 0.3) is 0 Å². The van der Waals surface area contributed by atoms with Crippen LogP contribution in [0.4, 0.5) is 0 Å². The lowest BCUT2D eigenvalue weighted by atomic mass is 10.3. The fourth-order valence-electron chi connectivity index (χ4n) is 0.272. The predicted molar refractivity (Wildman–Crippen MR) is 29.4 cm³/mol. The Morgan fingerprint density at radius 2 is 2.33 bits per heavy atom. The van der Waals surface area contributed by atoms with Crippen LogP contribution >= 0.6 is 0 Å². The zero-order valence-electron chi connectivity index (χ0n) is 4.44. The van der Waals surface area contributed by atoms with E-state index in [9.17, 15) is 0 Å². The maximum atomic E-state index is 2.12. The smallest absolute Gasteiger partial charge is 0.0875 e. The monoisotopic (exact) mass is 83.1 g/mol. The first-order chi connectivity index (χ1) is 2.91. The van der Waals surface area contributed by atoms with Crippen LogP contribution in [0.2, 0.25) is 0 Å². The van der Waals surface area contributed by atoms with Gasteiger partial charge >= 0.3 is 0 Å². The first-order valence-electron chi connectivity index (χ1n) is 2.30. The molecule has 0 atom stereocenters. The molecule has 0 saturated heterocycles. The third-order valence-corrected chi connectivity index (χ3v) is 0.607. The molecule has 6 heavy (non-hydrogen) atoms. The quantitative estimate of drug-likeness (QED) is 0.354. The van der Waals surface area contributed by atoms with Gasteiger partial charge in [0.05, 0.1) is 13.3 Å². The molecule has 0 amide bonds. The van der Waals surface area contributed by atoms with Crippen LogP contribution in [0.15, 0.2) is 12.2 Å². The molecule has 0 unspecified atom stereocenters. The van der Waals surface area contributed by atoms with E-state index in [-0.39, 0.29) is 0 Å². The summed E-state index contributed by atoms with van der Waals surface area (Å²) in [4.78, 5) is 0. The molecule has 0 aliphatic heterocycles. The average molecular weight is 83.2 g/mol. The Balaban J connectivity index is 2.66. The van der Waals surface area contributed by atoms with Crippen molar-refractivity contribution in [3.05, 3.63) is 18.6 Å². The summed E-state index contributed by atoms with van der Waals surface area (Å²) in [5, 5.41) is 0. The summed E-state index contributed by atoms with van der Waals surface area (Å²) in [7, 11) is 0. The van der Waals surface area contributed by atoms with Crippen molar-refractivity contribution in [1.29, 1.82) is 0 Å². The fourth-order valence-corrected chi connectivity index (χ4v) is 0.272. The van der Waals surface area contributed by atoms with Crippen LogP contribution in [0.25, 0.3) is 0 Å². The van der Waals surface area contributed by atoms with Gasteiger partial charge in [-0.15, -0.1) is 0 Å². The van der Waals surface area contributed by atoms with E-state index in [1.165, 1.54) is 0 Å². The molecule has 0 nitrogen and oxygen atoms in total. The zero-order chi connectivity index (χ0) is 4.83. The second-order valence-corrected chi connectivity index (χ2v) is 1.21. The topological polar surface area (TPSA) is 0 Å². The third-order valence-electron chi connectivity index (χ3n) is 0.607. The molecule has 0 aromatic rings. The highest BCUT2D eigenvalue weighted by atomic mass is 13.7. The summed E-state index contributed by atoms with van der Waals surface area (Å²) < 4.78 is 0. The molecule has 0 rings (SSSR count). The van der Waals surface area contributed by atoms with Gasteiger partial charge in [-0.25, -0.2) is 0 Å². The predicted octanol–water partition coefficient (Wildman–Crippen LogP) is 2.18. The van der Waals surface area contributed by atoms with Crippen LogP contribution in [-0.2, 0) is 0 Å². The third kappa shape index (κ3) is 3.61. The summed E-state index contributed by atoms with van der Waals surface area (Å²) in [6, 6.07) is 0. The minimum absolute atomic E-state index is 1.11. The molecule has 0 spiro atoms. The van der Waals surface area contributed by atoms with Crippen molar-refractivity contribution in [2.24, 2.45) is 0 Å². The van der Waals surface area contributed by atoms with Crippen LogP contribution in [0.5, 0.6) is 0 Å². The molecule has 0 aliphatic rings. The molecular formula is C6H11+. The van der Waals surface area contributed by atoms with Gasteiger partial charge in [0.2, 0.25) is 0 Å². The molecular weight excluding hydrogens is 72.1 g/mol. The van der Waals surface area contributed by atoms with Gasteiger partial charge < -0.3 is 0 Å². The molecule has 0 heteroatoms. The molecule has 0 saturated carbocycles. The van der Waals surface area contributed by atoms with Gasteiger partial charge in [-0.2, -0.15) is 0 Å². The maximum absolute atomic E-state index is 2.12. The second kappa shape index (κ2) is 4.61. The molecule has 0 N–H and O–H groups in total. The highest BCUT2D eigenvalue weighted by Gasteiger charge is 1.75. The van der Waals surface area contributed by atoms with Gasteiger partial charge in [0, 0.05) is 0 Å². The van der Waals surface area contributed by atoms with Gasteiger partial charge in [0.1, 0.15) is 6.42 Å². The second-order valence-electron chi connectivity index (χ2n) is 1.21. The van der Waals surface area contributed by atoms with Gasteiger partial charge in [-0.1, -0.05) is 6.08 Å². The summed E-state index contributed by atoms with van der Waals surface area (Å²) in [5.74, 6) is 0. The van der Waals surface area contributed by atoms with Crippen molar-refractivity contribution < 1.29 is 0 Å². The Morgan fingerprint density at radius 3 is 2.50 bits per heavy atom. The minimum Gasteiger partial charge on any atom is -0.0875 e. The van der Waals surface area contributed by atoms with Crippen molar-refractivity contribution in [3.8, 4) is 0 Å². The highest BCUT2D eigenvalue weighted by Crippen LogP contribution is 1.83. The van der Waals surface area contributed by atoms with Gasteiger partial charge in [0.15, 0.2) is 0 Å². The SMILES string of the molecule is C/C=C\C[CH+]C. The van der Waals surface area contributed by atoms with Crippen molar-refractivity contribution in [3.63, 3.8) is 0 Å². The van der Waals surface area contributed by atoms with Crippen molar-refractivity contribution in [1.82, 2.24) is 0 Å². The number of allylic oxidation sites excluding steroid dienone is 2. The van der Waals surface area contributed by atoms with E-state index in [2.05, 4.69) is 25.5 Å². The minimum atomic E-state index is 1.11. The van der Waals surface area contributed by atoms with E-state index < -0.39 is 0 Å². The van der Waals surface area contributed by atoms with E-state index >= 15 is 0 Å². The van der Waals surface area contributed by atoms with Crippen LogP contribution in [0.3, 0.4) is 0 Å². The fraction of sp³-hybridized carbons (Fsp3) is 0.500. The summed E-state index contributed by atoms with van der Waals surface area (Å²) >= 11 is 0. The van der Waals surface area contributed by atoms with Crippen molar-refractivity contribution in [2.75, 3.05) is 0 Å². The Hall–Kier alpha value is -0.390. The zero-order valence-corrected chi connectivity index (χ0v) is 4.44. The molecule has 0 bridgehead atoms. The Labute approximate surface area is 39.9 Å². The standard InChI is InChI=1S/C6H11/c1-3-5-6-4-2/h3-5H,6H2,1-2H3/q+1/b5-3-. The number of unbranched alkanes of at least 4 members (excludes halogenated alkanes) is 1. The first-order valence-corrected chi connectivity index (χ1v) is 2.30. The van der Waals surface area contributed by atoms with E-state index in [1.807, 2.05) is 6.92 Å². The lowest BCUT2D eigenvalue weighted by Gasteiger charge is -1.66. The summed E-state index contributed by atoms with van der Waals surface area (Å²) in [6.07, 6.45) is 7.41. The molecule has 0 aromatic heterocycles. The van der Waals surface area contributed by atoms with E-state index in [1.54, 1.807) is 0 Å². The van der Waals surface area contributed by atoms with Crippen LogP contribution < -0.4 is 0 Å². The van der Waals surface area contributed by atoms with Crippen molar-refractivity contribution >= 4 is 0 Å². The number of hydrogen-bond donors (Lipinski definition) is 0. The Kier molecular flexibility index (Phi) is 4.31. The number of hydrogen-bond acceptors (Lipinski definition) is 0. The number of rotatable bonds is 2. The normalized spacial score (nSPS) is 9.67. The molecule has 34 valence electrons. The van der Waals surface area contributed by atoms with Crippen molar-refractivity contribution in [2.45, 2.75) is 20.3 Å². The summed E-state index contributed by atoms with van der Waals surface area (Å²) in [6.45, 7) is 4.09. The van der Waals surface area contributed by atoms with Crippen LogP contribution in [0, 0.1) is 6.42 Å². The molecule has 0 radical (unpaired) electrons. The van der Waals surface area contributed by atoms with E-state index in [0.29, 0.717) is 0 Å².